The molecule has 2 heterocycles. The van der Waals surface area contributed by atoms with Gasteiger partial charge in [0.1, 0.15) is 0 Å². The fourth-order valence-corrected chi connectivity index (χ4v) is 3.82. The Morgan fingerprint density at radius 1 is 1.53 bits per heavy atom. The lowest BCUT2D eigenvalue weighted by atomic mass is 10.3. The molecule has 8 heteroatoms. The highest BCUT2D eigenvalue weighted by Crippen LogP contribution is 2.26. The highest BCUT2D eigenvalue weighted by molar-refractivity contribution is 7.91. The fraction of sp³-hybridized carbons (Fsp3) is 0.222. The number of rotatable bonds is 4. The minimum atomic E-state index is -3.67. The summed E-state index contributed by atoms with van der Waals surface area (Å²) in [6.07, 6.45) is 0. The number of aryl methyl sites for hydroxylation is 1. The number of nitrogens with two attached hydrogens (primary N) is 1. The van der Waals surface area contributed by atoms with Crippen LogP contribution in [0.4, 0.5) is 5.13 Å². The molecule has 0 unspecified atom stereocenters. The van der Waals surface area contributed by atoms with Crippen molar-refractivity contribution in [2.24, 2.45) is 5.14 Å². The van der Waals surface area contributed by atoms with E-state index in [2.05, 4.69) is 10.3 Å². The molecule has 5 nitrogen and oxygen atoms in total. The molecule has 0 fully saturated rings. The van der Waals surface area contributed by atoms with Gasteiger partial charge in [-0.25, -0.2) is 18.5 Å². The Morgan fingerprint density at radius 2 is 2.29 bits per heavy atom. The molecule has 3 N–H and O–H groups in total. The van der Waals surface area contributed by atoms with Crippen LogP contribution in [-0.2, 0) is 16.6 Å². The Kier molecular flexibility index (Phi) is 3.48. The van der Waals surface area contributed by atoms with Crippen LogP contribution in [0.25, 0.3) is 0 Å². The van der Waals surface area contributed by atoms with E-state index in [1.807, 2.05) is 16.8 Å². The van der Waals surface area contributed by atoms with Gasteiger partial charge in [-0.2, -0.15) is 11.3 Å². The van der Waals surface area contributed by atoms with Gasteiger partial charge < -0.3 is 5.32 Å². The molecule has 17 heavy (non-hydrogen) atoms. The number of primary sulfonamides is 1. The van der Waals surface area contributed by atoms with Gasteiger partial charge in [0, 0.05) is 6.54 Å². The first-order valence-corrected chi connectivity index (χ1v) is 8.02. The number of hydrogen-bond donors (Lipinski definition) is 2. The standard InChI is InChI=1S/C9H11N3O2S3/c1-6-8(17(10,13)14)16-9(12-6)11-4-7-2-3-15-5-7/h2-3,5H,4H2,1H3,(H,11,12)(H2,10,13,14). The van der Waals surface area contributed by atoms with E-state index in [1.165, 1.54) is 0 Å². The quantitative estimate of drug-likeness (QED) is 0.898. The van der Waals surface area contributed by atoms with Crippen molar-refractivity contribution in [3.05, 3.63) is 28.1 Å². The van der Waals surface area contributed by atoms with Crippen LogP contribution in [0.15, 0.2) is 21.0 Å². The third-order valence-corrected chi connectivity index (χ3v) is 5.44. The predicted molar refractivity (Wildman–Crippen MR) is 69.9 cm³/mol. The summed E-state index contributed by atoms with van der Waals surface area (Å²) in [5, 5.41) is 12.7. The van der Waals surface area contributed by atoms with Gasteiger partial charge in [-0.15, -0.1) is 0 Å². The Bertz CT molecular complexity index is 601. The lowest BCUT2D eigenvalue weighted by Crippen LogP contribution is -2.11. The number of hydrogen-bond acceptors (Lipinski definition) is 6. The zero-order valence-electron chi connectivity index (χ0n) is 9.00. The van der Waals surface area contributed by atoms with E-state index < -0.39 is 10.0 Å². The van der Waals surface area contributed by atoms with Gasteiger partial charge in [-0.05, 0) is 29.3 Å². The molecular weight excluding hydrogens is 278 g/mol. The molecule has 0 saturated heterocycles. The van der Waals surface area contributed by atoms with Crippen molar-refractivity contribution in [2.45, 2.75) is 17.7 Å². The van der Waals surface area contributed by atoms with E-state index in [9.17, 15) is 8.42 Å². The number of nitrogens with zero attached hydrogens (tertiary/aromatic N) is 1. The van der Waals surface area contributed by atoms with E-state index in [0.29, 0.717) is 17.4 Å². The van der Waals surface area contributed by atoms with Crippen molar-refractivity contribution in [2.75, 3.05) is 5.32 Å². The second-order valence-electron chi connectivity index (χ2n) is 3.42. The number of nitrogens with one attached hydrogen (secondary N) is 1. The summed E-state index contributed by atoms with van der Waals surface area (Å²) in [6.45, 7) is 2.26. The van der Waals surface area contributed by atoms with Gasteiger partial charge in [-0.1, -0.05) is 11.3 Å². The number of thiophene rings is 1. The van der Waals surface area contributed by atoms with Crippen LogP contribution < -0.4 is 10.5 Å². The summed E-state index contributed by atoms with van der Waals surface area (Å²) in [5.41, 5.74) is 1.57. The van der Waals surface area contributed by atoms with Crippen LogP contribution >= 0.6 is 22.7 Å². The summed E-state index contributed by atoms with van der Waals surface area (Å²) in [7, 11) is -3.67. The zero-order valence-corrected chi connectivity index (χ0v) is 11.5. The van der Waals surface area contributed by atoms with Crippen molar-refractivity contribution in [3.63, 3.8) is 0 Å². The molecule has 0 amide bonds. The van der Waals surface area contributed by atoms with Crippen LogP contribution in [0.2, 0.25) is 0 Å². The highest BCUT2D eigenvalue weighted by atomic mass is 32.2. The number of thiazole rings is 1. The van der Waals surface area contributed by atoms with E-state index in [-0.39, 0.29) is 4.21 Å². The zero-order chi connectivity index (χ0) is 12.5. The summed E-state index contributed by atoms with van der Waals surface area (Å²) in [5.74, 6) is 0. The van der Waals surface area contributed by atoms with Gasteiger partial charge in [0.25, 0.3) is 0 Å². The van der Waals surface area contributed by atoms with Crippen LogP contribution in [0.1, 0.15) is 11.3 Å². The maximum atomic E-state index is 11.2. The second kappa shape index (κ2) is 4.73. The Hall–Kier alpha value is -0.960. The van der Waals surface area contributed by atoms with Crippen LogP contribution in [-0.4, -0.2) is 13.4 Å². The molecule has 2 aromatic rings. The van der Waals surface area contributed by atoms with Crippen molar-refractivity contribution >= 4 is 37.8 Å². The Morgan fingerprint density at radius 3 is 2.82 bits per heavy atom. The third kappa shape index (κ3) is 3.03. The van der Waals surface area contributed by atoms with Gasteiger partial charge >= 0.3 is 0 Å². The van der Waals surface area contributed by atoms with E-state index >= 15 is 0 Å². The molecule has 0 aromatic carbocycles. The lowest BCUT2D eigenvalue weighted by Gasteiger charge is -1.98. The molecule has 0 aliphatic heterocycles. The molecular formula is C9H11N3O2S3. The van der Waals surface area contributed by atoms with Gasteiger partial charge in [0.2, 0.25) is 10.0 Å². The van der Waals surface area contributed by atoms with Crippen LogP contribution in [0.5, 0.6) is 0 Å². The largest absolute Gasteiger partial charge is 0.357 e. The maximum absolute atomic E-state index is 11.2. The minimum Gasteiger partial charge on any atom is -0.357 e. The first-order chi connectivity index (χ1) is 7.97. The van der Waals surface area contributed by atoms with Crippen molar-refractivity contribution in [1.29, 1.82) is 0 Å². The normalized spacial score (nSPS) is 11.6. The summed E-state index contributed by atoms with van der Waals surface area (Å²) >= 11 is 2.67. The fourth-order valence-electron chi connectivity index (χ4n) is 1.29. The van der Waals surface area contributed by atoms with Crippen LogP contribution in [0.3, 0.4) is 0 Å². The predicted octanol–water partition coefficient (Wildman–Crippen LogP) is 1.77. The van der Waals surface area contributed by atoms with Crippen LogP contribution in [0, 0.1) is 6.92 Å². The molecule has 92 valence electrons. The van der Waals surface area contributed by atoms with Crippen molar-refractivity contribution in [1.82, 2.24) is 4.98 Å². The van der Waals surface area contributed by atoms with E-state index in [0.717, 1.165) is 16.9 Å². The molecule has 2 aromatic heterocycles. The number of sulfonamides is 1. The topological polar surface area (TPSA) is 85.1 Å². The second-order valence-corrected chi connectivity index (χ2v) is 6.96. The third-order valence-electron chi connectivity index (χ3n) is 2.04. The molecule has 0 radical (unpaired) electrons. The maximum Gasteiger partial charge on any atom is 0.249 e. The first-order valence-electron chi connectivity index (χ1n) is 4.72. The molecule has 2 rings (SSSR count). The number of anilines is 1. The lowest BCUT2D eigenvalue weighted by molar-refractivity contribution is 0.599. The molecule has 0 bridgehead atoms. The molecule has 0 saturated carbocycles. The summed E-state index contributed by atoms with van der Waals surface area (Å²) in [6, 6.07) is 2.00. The van der Waals surface area contributed by atoms with Gasteiger partial charge in [0.15, 0.2) is 9.34 Å². The summed E-state index contributed by atoms with van der Waals surface area (Å²) in [4.78, 5) is 4.13. The Labute approximate surface area is 107 Å². The average Bonchev–Trinajstić information content (AvgIpc) is 2.82. The smallest absolute Gasteiger partial charge is 0.249 e. The SMILES string of the molecule is Cc1nc(NCc2ccsc2)sc1S(N)(=O)=O. The highest BCUT2D eigenvalue weighted by Gasteiger charge is 2.17. The number of aromatic nitrogens is 1. The van der Waals surface area contributed by atoms with Crippen molar-refractivity contribution in [3.8, 4) is 0 Å². The van der Waals surface area contributed by atoms with Crippen molar-refractivity contribution < 1.29 is 8.42 Å². The summed E-state index contributed by atoms with van der Waals surface area (Å²) < 4.78 is 22.6. The molecule has 0 spiro atoms. The van der Waals surface area contributed by atoms with Gasteiger partial charge in [-0.3, -0.25) is 0 Å². The Balaban J connectivity index is 2.13. The monoisotopic (exact) mass is 289 g/mol. The minimum absolute atomic E-state index is 0.116. The molecule has 0 aliphatic carbocycles. The van der Waals surface area contributed by atoms with Gasteiger partial charge in [0.05, 0.1) is 5.69 Å². The van der Waals surface area contributed by atoms with E-state index in [1.54, 1.807) is 18.3 Å². The first kappa shape index (κ1) is 12.5. The average molecular weight is 289 g/mol. The van der Waals surface area contributed by atoms with E-state index in [4.69, 9.17) is 5.14 Å². The molecule has 0 aliphatic rings. The molecule has 0 atom stereocenters.